The van der Waals surface area contributed by atoms with Gasteiger partial charge in [-0.25, -0.2) is 4.39 Å². The summed E-state index contributed by atoms with van der Waals surface area (Å²) < 4.78 is 63.5. The summed E-state index contributed by atoms with van der Waals surface area (Å²) >= 11 is 0. The Bertz CT molecular complexity index is 665. The van der Waals surface area contributed by atoms with E-state index in [0.29, 0.717) is 0 Å². The molecule has 1 unspecified atom stereocenters. The van der Waals surface area contributed by atoms with E-state index in [1.165, 1.54) is 24.3 Å². The highest BCUT2D eigenvalue weighted by Crippen LogP contribution is 2.30. The number of nitrogens with two attached hydrogens (primary N) is 1. The maximum Gasteiger partial charge on any atom is 0.416 e. The second-order valence-corrected chi connectivity index (χ2v) is 5.77. The van der Waals surface area contributed by atoms with Gasteiger partial charge in [-0.15, -0.1) is 0 Å². The molecule has 0 fully saturated rings. The molecule has 0 aliphatic carbocycles. The van der Waals surface area contributed by atoms with Crippen molar-refractivity contribution in [1.82, 2.24) is 0 Å². The van der Waals surface area contributed by atoms with Gasteiger partial charge < -0.3 is 5.73 Å². The van der Waals surface area contributed by atoms with E-state index >= 15 is 0 Å². The minimum atomic E-state index is -4.52. The van der Waals surface area contributed by atoms with Crippen molar-refractivity contribution in [1.29, 1.82) is 0 Å². The number of benzene rings is 2. The van der Waals surface area contributed by atoms with Gasteiger partial charge in [0.05, 0.1) is 22.1 Å². The van der Waals surface area contributed by atoms with E-state index in [1.54, 1.807) is 0 Å². The zero-order valence-electron chi connectivity index (χ0n) is 10.7. The van der Waals surface area contributed by atoms with Crippen molar-refractivity contribution < 1.29 is 21.8 Å². The normalized spacial score (nSPS) is 13.1. The average molecular weight is 317 g/mol. The minimum absolute atomic E-state index is 0.0209. The van der Waals surface area contributed by atoms with Gasteiger partial charge in [-0.3, -0.25) is 4.21 Å². The van der Waals surface area contributed by atoms with Crippen LogP contribution in [-0.2, 0) is 22.7 Å². The molecule has 0 saturated heterocycles. The summed E-state index contributed by atoms with van der Waals surface area (Å²) in [6.45, 7) is 0. The Labute approximate surface area is 121 Å². The van der Waals surface area contributed by atoms with Gasteiger partial charge in [-0.1, -0.05) is 12.1 Å². The number of hydrogen-bond donors (Lipinski definition) is 1. The quantitative estimate of drug-likeness (QED) is 0.692. The lowest BCUT2D eigenvalue weighted by Gasteiger charge is -2.10. The van der Waals surface area contributed by atoms with E-state index < -0.39 is 28.4 Å². The van der Waals surface area contributed by atoms with Gasteiger partial charge in [0.2, 0.25) is 0 Å². The number of rotatable bonds is 3. The Kier molecular flexibility index (Phi) is 4.32. The third-order valence-corrected chi connectivity index (χ3v) is 4.19. The van der Waals surface area contributed by atoms with Crippen LogP contribution in [0.4, 0.5) is 23.2 Å². The summed E-state index contributed by atoms with van der Waals surface area (Å²) in [6.07, 6.45) is -4.52. The molecule has 21 heavy (non-hydrogen) atoms. The second-order valence-electron chi connectivity index (χ2n) is 4.32. The molecule has 112 valence electrons. The number of alkyl halides is 3. The zero-order valence-corrected chi connectivity index (χ0v) is 11.5. The monoisotopic (exact) mass is 317 g/mol. The lowest BCUT2D eigenvalue weighted by Crippen LogP contribution is -2.07. The summed E-state index contributed by atoms with van der Waals surface area (Å²) in [6, 6.07) is 8.17. The summed E-state index contributed by atoms with van der Waals surface area (Å²) in [5.74, 6) is -0.907. The Morgan fingerprint density at radius 3 is 2.38 bits per heavy atom. The number of nitrogen functional groups attached to an aromatic ring is 1. The fraction of sp³-hybridized carbons (Fsp3) is 0.143. The molecule has 0 amide bonds. The number of halogens is 4. The van der Waals surface area contributed by atoms with Crippen LogP contribution < -0.4 is 5.73 Å². The summed E-state index contributed by atoms with van der Waals surface area (Å²) in [5, 5.41) is 0. The maximum absolute atomic E-state index is 13.6. The first kappa shape index (κ1) is 15.5. The molecule has 2 nitrogen and oxygen atoms in total. The predicted molar refractivity (Wildman–Crippen MR) is 72.4 cm³/mol. The van der Waals surface area contributed by atoms with Crippen molar-refractivity contribution in [2.45, 2.75) is 16.8 Å². The first-order valence-electron chi connectivity index (χ1n) is 5.87. The van der Waals surface area contributed by atoms with Crippen molar-refractivity contribution in [3.63, 3.8) is 0 Å². The van der Waals surface area contributed by atoms with Gasteiger partial charge in [0.25, 0.3) is 0 Å². The molecule has 2 rings (SSSR count). The van der Waals surface area contributed by atoms with Gasteiger partial charge in [-0.05, 0) is 30.3 Å². The Morgan fingerprint density at radius 1 is 1.10 bits per heavy atom. The third-order valence-electron chi connectivity index (χ3n) is 2.85. The molecule has 7 heteroatoms. The molecule has 0 aliphatic heterocycles. The molecular formula is C14H11F4NOS. The van der Waals surface area contributed by atoms with E-state index in [-0.39, 0.29) is 21.9 Å². The van der Waals surface area contributed by atoms with Crippen LogP contribution in [0.2, 0.25) is 0 Å². The smallest absolute Gasteiger partial charge is 0.398 e. The molecule has 2 aromatic rings. The van der Waals surface area contributed by atoms with Crippen molar-refractivity contribution in [3.8, 4) is 0 Å². The molecule has 0 aliphatic rings. The van der Waals surface area contributed by atoms with E-state index in [4.69, 9.17) is 5.73 Å². The van der Waals surface area contributed by atoms with Crippen LogP contribution in [0.5, 0.6) is 0 Å². The molecule has 0 spiro atoms. The molecule has 0 radical (unpaired) electrons. The molecular weight excluding hydrogens is 306 g/mol. The van der Waals surface area contributed by atoms with Crippen LogP contribution in [0, 0.1) is 5.82 Å². The summed E-state index contributed by atoms with van der Waals surface area (Å²) in [4.78, 5) is -0.0209. The Morgan fingerprint density at radius 2 is 1.76 bits per heavy atom. The van der Waals surface area contributed by atoms with Crippen LogP contribution in [-0.4, -0.2) is 4.21 Å². The Balaban J connectivity index is 2.29. The fourth-order valence-electron chi connectivity index (χ4n) is 1.76. The van der Waals surface area contributed by atoms with Gasteiger partial charge in [0.1, 0.15) is 5.82 Å². The van der Waals surface area contributed by atoms with E-state index in [1.807, 2.05) is 0 Å². The van der Waals surface area contributed by atoms with Crippen LogP contribution in [0.1, 0.15) is 11.1 Å². The van der Waals surface area contributed by atoms with Crippen molar-refractivity contribution in [2.75, 3.05) is 5.73 Å². The topological polar surface area (TPSA) is 43.1 Å². The van der Waals surface area contributed by atoms with Crippen molar-refractivity contribution in [3.05, 3.63) is 59.4 Å². The molecule has 2 aromatic carbocycles. The Hall–Kier alpha value is -1.89. The summed E-state index contributed by atoms with van der Waals surface area (Å²) in [7, 11) is -1.82. The molecule has 1 atom stereocenters. The molecule has 2 N–H and O–H groups in total. The highest BCUT2D eigenvalue weighted by molar-refractivity contribution is 7.84. The highest BCUT2D eigenvalue weighted by atomic mass is 32.2. The molecule has 0 aromatic heterocycles. The first-order chi connectivity index (χ1) is 9.79. The van der Waals surface area contributed by atoms with Gasteiger partial charge in [0, 0.05) is 16.1 Å². The largest absolute Gasteiger partial charge is 0.416 e. The number of anilines is 1. The van der Waals surface area contributed by atoms with E-state index in [2.05, 4.69) is 0 Å². The second kappa shape index (κ2) is 5.85. The number of hydrogen-bond acceptors (Lipinski definition) is 2. The van der Waals surface area contributed by atoms with Crippen molar-refractivity contribution >= 4 is 16.5 Å². The van der Waals surface area contributed by atoms with Crippen LogP contribution >= 0.6 is 0 Å². The standard InChI is InChI=1S/C14H11F4NOS/c15-12-5-2-6-13(19)11(12)8-21(20)10-4-1-3-9(7-10)14(16,17)18/h1-7H,8,19H2. The molecule has 0 saturated carbocycles. The average Bonchev–Trinajstić information content (AvgIpc) is 2.42. The van der Waals surface area contributed by atoms with E-state index in [0.717, 1.165) is 18.2 Å². The van der Waals surface area contributed by atoms with Gasteiger partial charge in [0.15, 0.2) is 0 Å². The third kappa shape index (κ3) is 3.60. The van der Waals surface area contributed by atoms with Crippen LogP contribution in [0.15, 0.2) is 47.4 Å². The SMILES string of the molecule is Nc1cccc(F)c1CS(=O)c1cccc(C(F)(F)F)c1. The van der Waals surface area contributed by atoms with Crippen LogP contribution in [0.25, 0.3) is 0 Å². The van der Waals surface area contributed by atoms with Crippen LogP contribution in [0.3, 0.4) is 0 Å². The first-order valence-corrected chi connectivity index (χ1v) is 7.19. The van der Waals surface area contributed by atoms with Crippen molar-refractivity contribution in [2.24, 2.45) is 0 Å². The van der Waals surface area contributed by atoms with Gasteiger partial charge >= 0.3 is 6.18 Å². The maximum atomic E-state index is 13.6. The fourth-order valence-corrected chi connectivity index (χ4v) is 2.98. The predicted octanol–water partition coefficient (Wildman–Crippen LogP) is 3.73. The van der Waals surface area contributed by atoms with Gasteiger partial charge in [-0.2, -0.15) is 13.2 Å². The van der Waals surface area contributed by atoms with E-state index in [9.17, 15) is 21.8 Å². The highest BCUT2D eigenvalue weighted by Gasteiger charge is 2.30. The lowest BCUT2D eigenvalue weighted by atomic mass is 10.2. The minimum Gasteiger partial charge on any atom is -0.398 e. The molecule has 0 bridgehead atoms. The lowest BCUT2D eigenvalue weighted by molar-refractivity contribution is -0.137. The zero-order chi connectivity index (χ0) is 15.6. The summed E-state index contributed by atoms with van der Waals surface area (Å²) in [5.41, 5.74) is 4.85. The molecule has 0 heterocycles.